The zero-order valence-corrected chi connectivity index (χ0v) is 14.5. The molecule has 3 rings (SSSR count). The Morgan fingerprint density at radius 3 is 2.88 bits per heavy atom. The number of hydrogen-bond acceptors (Lipinski definition) is 5. The molecule has 2 aromatic rings. The molecule has 0 radical (unpaired) electrons. The predicted octanol–water partition coefficient (Wildman–Crippen LogP) is 2.22. The van der Waals surface area contributed by atoms with Gasteiger partial charge in [-0.05, 0) is 35.9 Å². The number of thioether (sulfide) groups is 1. The van der Waals surface area contributed by atoms with Crippen molar-refractivity contribution in [2.45, 2.75) is 16.3 Å². The fourth-order valence-corrected chi connectivity index (χ4v) is 4.23. The van der Waals surface area contributed by atoms with Crippen LogP contribution in [0, 0.1) is 0 Å². The molecule has 24 heavy (non-hydrogen) atoms. The molecule has 2 N–H and O–H groups in total. The van der Waals surface area contributed by atoms with Crippen LogP contribution in [0.1, 0.15) is 5.56 Å². The number of fused-ring (bicyclic) bond motifs is 1. The summed E-state index contributed by atoms with van der Waals surface area (Å²) in [5.41, 5.74) is 1.44. The molecule has 126 valence electrons. The first-order valence-corrected chi connectivity index (χ1v) is 9.64. The molecule has 1 aliphatic rings. The quantitative estimate of drug-likeness (QED) is 0.850. The van der Waals surface area contributed by atoms with Gasteiger partial charge < -0.3 is 10.1 Å². The summed E-state index contributed by atoms with van der Waals surface area (Å²) in [5.74, 6) is 0.875. The molecule has 1 heterocycles. The lowest BCUT2D eigenvalue weighted by Gasteiger charge is -2.17. The minimum Gasteiger partial charge on any atom is -0.497 e. The Morgan fingerprint density at radius 2 is 2.08 bits per heavy atom. The molecule has 1 aliphatic heterocycles. The second-order valence-electron chi connectivity index (χ2n) is 5.17. The molecule has 0 saturated carbocycles. The van der Waals surface area contributed by atoms with Crippen LogP contribution in [0.4, 0.5) is 5.69 Å². The molecule has 0 aliphatic carbocycles. The van der Waals surface area contributed by atoms with Crippen molar-refractivity contribution < 1.29 is 17.9 Å². The first-order valence-electron chi connectivity index (χ1n) is 7.17. The second-order valence-corrected chi connectivity index (χ2v) is 7.96. The number of carbonyl (C=O) groups is 1. The van der Waals surface area contributed by atoms with Crippen molar-refractivity contribution in [2.75, 3.05) is 18.2 Å². The highest BCUT2D eigenvalue weighted by Gasteiger charge is 2.20. The van der Waals surface area contributed by atoms with E-state index >= 15 is 0 Å². The maximum Gasteiger partial charge on any atom is 0.240 e. The summed E-state index contributed by atoms with van der Waals surface area (Å²) >= 11 is 1.33. The van der Waals surface area contributed by atoms with E-state index in [1.807, 2.05) is 6.07 Å². The molecular weight excluding hydrogens is 348 g/mol. The molecule has 0 bridgehead atoms. The number of nitrogens with one attached hydrogen (secondary N) is 2. The van der Waals surface area contributed by atoms with E-state index in [4.69, 9.17) is 4.74 Å². The smallest absolute Gasteiger partial charge is 0.240 e. The zero-order valence-electron chi connectivity index (χ0n) is 12.9. The monoisotopic (exact) mass is 364 g/mol. The largest absolute Gasteiger partial charge is 0.497 e. The van der Waals surface area contributed by atoms with Gasteiger partial charge in [-0.1, -0.05) is 12.1 Å². The van der Waals surface area contributed by atoms with Crippen LogP contribution in [0.25, 0.3) is 0 Å². The molecule has 8 heteroatoms. The van der Waals surface area contributed by atoms with Crippen LogP contribution in [0.5, 0.6) is 5.75 Å². The van der Waals surface area contributed by atoms with Crippen LogP contribution in [-0.2, 0) is 21.4 Å². The lowest BCUT2D eigenvalue weighted by atomic mass is 10.2. The van der Waals surface area contributed by atoms with Gasteiger partial charge in [0.05, 0.1) is 23.4 Å². The fraction of sp³-hybridized carbons (Fsp3) is 0.188. The van der Waals surface area contributed by atoms with Crippen LogP contribution in [-0.4, -0.2) is 27.2 Å². The molecule has 6 nitrogen and oxygen atoms in total. The number of anilines is 1. The Balaban J connectivity index is 1.77. The number of ether oxygens (including phenoxy) is 1. The normalized spacial score (nSPS) is 14.0. The van der Waals surface area contributed by atoms with Crippen LogP contribution >= 0.6 is 11.8 Å². The topological polar surface area (TPSA) is 84.5 Å². The van der Waals surface area contributed by atoms with E-state index < -0.39 is 10.0 Å². The molecule has 0 spiro atoms. The van der Waals surface area contributed by atoms with E-state index in [2.05, 4.69) is 10.0 Å². The van der Waals surface area contributed by atoms with Gasteiger partial charge in [-0.15, -0.1) is 11.8 Å². The Morgan fingerprint density at radius 1 is 1.25 bits per heavy atom. The minimum atomic E-state index is -3.64. The first-order chi connectivity index (χ1) is 11.5. The van der Waals surface area contributed by atoms with Gasteiger partial charge in [-0.3, -0.25) is 4.79 Å². The Bertz CT molecular complexity index is 881. The minimum absolute atomic E-state index is 0.0840. The van der Waals surface area contributed by atoms with Gasteiger partial charge in [0.1, 0.15) is 5.75 Å². The third-order valence-corrected chi connectivity index (χ3v) is 5.95. The lowest BCUT2D eigenvalue weighted by Crippen LogP contribution is -2.24. The SMILES string of the molecule is COc1cccc(CNS(=O)(=O)c2ccc3c(c2)SCC(=O)N3)c1. The summed E-state index contributed by atoms with van der Waals surface area (Å²) in [4.78, 5) is 12.3. The van der Waals surface area contributed by atoms with E-state index in [-0.39, 0.29) is 23.1 Å². The van der Waals surface area contributed by atoms with Gasteiger partial charge in [0.15, 0.2) is 0 Å². The number of methoxy groups -OCH3 is 1. The molecule has 0 unspecified atom stereocenters. The molecule has 0 fully saturated rings. The third kappa shape index (κ3) is 3.72. The Labute approximate surface area is 144 Å². The van der Waals surface area contributed by atoms with Gasteiger partial charge in [-0.25, -0.2) is 13.1 Å². The van der Waals surface area contributed by atoms with E-state index in [0.717, 1.165) is 10.5 Å². The average molecular weight is 364 g/mol. The van der Waals surface area contributed by atoms with Crippen molar-refractivity contribution in [3.05, 3.63) is 48.0 Å². The van der Waals surface area contributed by atoms with Crippen molar-refractivity contribution in [1.29, 1.82) is 0 Å². The van der Waals surface area contributed by atoms with Crippen molar-refractivity contribution in [3.63, 3.8) is 0 Å². The zero-order chi connectivity index (χ0) is 17.2. The highest BCUT2D eigenvalue weighted by atomic mass is 32.2. The van der Waals surface area contributed by atoms with Crippen LogP contribution in [0.3, 0.4) is 0 Å². The number of rotatable bonds is 5. The summed E-state index contributed by atoms with van der Waals surface area (Å²) in [6.45, 7) is 0.167. The number of carbonyl (C=O) groups excluding carboxylic acids is 1. The maximum atomic E-state index is 12.5. The molecule has 0 saturated heterocycles. The lowest BCUT2D eigenvalue weighted by molar-refractivity contribution is -0.113. The number of hydrogen-bond donors (Lipinski definition) is 2. The van der Waals surface area contributed by atoms with E-state index in [1.165, 1.54) is 17.8 Å². The molecule has 0 aromatic heterocycles. The maximum absolute atomic E-state index is 12.5. The van der Waals surface area contributed by atoms with Gasteiger partial charge in [-0.2, -0.15) is 0 Å². The van der Waals surface area contributed by atoms with Gasteiger partial charge in [0.25, 0.3) is 0 Å². The summed E-state index contributed by atoms with van der Waals surface area (Å²) in [5, 5.41) is 2.72. The highest BCUT2D eigenvalue weighted by molar-refractivity contribution is 8.00. The van der Waals surface area contributed by atoms with E-state index in [0.29, 0.717) is 11.4 Å². The number of sulfonamides is 1. The van der Waals surface area contributed by atoms with Crippen molar-refractivity contribution in [1.82, 2.24) is 4.72 Å². The van der Waals surface area contributed by atoms with Gasteiger partial charge in [0, 0.05) is 11.4 Å². The second kappa shape index (κ2) is 6.84. The fourth-order valence-electron chi connectivity index (χ4n) is 2.27. The molecule has 0 atom stereocenters. The van der Waals surface area contributed by atoms with Crippen molar-refractivity contribution in [3.8, 4) is 5.75 Å². The summed E-state index contributed by atoms with van der Waals surface area (Å²) in [7, 11) is -2.08. The summed E-state index contributed by atoms with van der Waals surface area (Å²) < 4.78 is 32.6. The Kier molecular flexibility index (Phi) is 4.79. The number of amides is 1. The van der Waals surface area contributed by atoms with Crippen LogP contribution in [0.2, 0.25) is 0 Å². The third-order valence-electron chi connectivity index (χ3n) is 3.50. The Hall–Kier alpha value is -2.03. The first kappa shape index (κ1) is 16.8. The summed E-state index contributed by atoms with van der Waals surface area (Å²) in [6.07, 6.45) is 0. The average Bonchev–Trinajstić information content (AvgIpc) is 2.59. The van der Waals surface area contributed by atoms with Gasteiger partial charge in [0.2, 0.25) is 15.9 Å². The molecule has 1 amide bonds. The standard InChI is InChI=1S/C16H16N2O4S2/c1-22-12-4-2-3-11(7-12)9-17-24(20,21)13-5-6-14-15(8-13)23-10-16(19)18-14/h2-8,17H,9-10H2,1H3,(H,18,19). The van der Waals surface area contributed by atoms with Crippen molar-refractivity contribution >= 4 is 33.4 Å². The predicted molar refractivity (Wildman–Crippen MR) is 92.8 cm³/mol. The van der Waals surface area contributed by atoms with Crippen LogP contribution < -0.4 is 14.8 Å². The van der Waals surface area contributed by atoms with Gasteiger partial charge >= 0.3 is 0 Å². The summed E-state index contributed by atoms with van der Waals surface area (Å²) in [6, 6.07) is 11.9. The van der Waals surface area contributed by atoms with Crippen molar-refractivity contribution in [2.24, 2.45) is 0 Å². The number of benzene rings is 2. The highest BCUT2D eigenvalue weighted by Crippen LogP contribution is 2.33. The van der Waals surface area contributed by atoms with E-state index in [1.54, 1.807) is 37.4 Å². The van der Waals surface area contributed by atoms with Crippen LogP contribution in [0.15, 0.2) is 52.3 Å². The van der Waals surface area contributed by atoms with E-state index in [9.17, 15) is 13.2 Å². The molecule has 2 aromatic carbocycles. The molecular formula is C16H16N2O4S2.